The minimum absolute atomic E-state index is 0.103. The van der Waals surface area contributed by atoms with Gasteiger partial charge in [0.15, 0.2) is 0 Å². The molecule has 1 atom stereocenters. The van der Waals surface area contributed by atoms with E-state index in [1.165, 1.54) is 10.4 Å². The number of anilines is 1. The molecular weight excluding hydrogens is 325 g/mol. The molecule has 0 aliphatic carbocycles. The van der Waals surface area contributed by atoms with Crippen LogP contribution in [-0.4, -0.2) is 34.0 Å². The summed E-state index contributed by atoms with van der Waals surface area (Å²) in [6, 6.07) is 3.17. The van der Waals surface area contributed by atoms with Crippen molar-refractivity contribution in [3.05, 3.63) is 40.0 Å². The average molecular weight is 342 g/mol. The van der Waals surface area contributed by atoms with Gasteiger partial charge in [0.2, 0.25) is 0 Å². The van der Waals surface area contributed by atoms with E-state index in [1.54, 1.807) is 11.3 Å². The highest BCUT2D eigenvalue weighted by Gasteiger charge is 2.33. The van der Waals surface area contributed by atoms with E-state index in [0.29, 0.717) is 0 Å². The molecule has 0 amide bonds. The van der Waals surface area contributed by atoms with Crippen LogP contribution >= 0.6 is 11.3 Å². The third-order valence-electron chi connectivity index (χ3n) is 3.92. The van der Waals surface area contributed by atoms with Gasteiger partial charge in [0, 0.05) is 36.6 Å². The zero-order chi connectivity index (χ0) is 16.4. The normalized spacial score (nSPS) is 19.2. The Morgan fingerprint density at radius 1 is 1.39 bits per heavy atom. The zero-order valence-corrected chi connectivity index (χ0v) is 13.4. The molecule has 0 aromatic carbocycles. The maximum absolute atomic E-state index is 12.7. The van der Waals surface area contributed by atoms with Crippen LogP contribution in [0.1, 0.15) is 22.6 Å². The number of thiophene rings is 1. The first-order valence-corrected chi connectivity index (χ1v) is 8.21. The highest BCUT2D eigenvalue weighted by molar-refractivity contribution is 7.10. The molecule has 1 N–H and O–H groups in total. The number of likely N-dealkylation sites (tertiary alicyclic amines) is 1. The lowest BCUT2D eigenvalue weighted by Crippen LogP contribution is -2.26. The van der Waals surface area contributed by atoms with E-state index >= 15 is 0 Å². The van der Waals surface area contributed by atoms with Crippen molar-refractivity contribution in [2.45, 2.75) is 32.1 Å². The lowest BCUT2D eigenvalue weighted by atomic mass is 10.2. The second-order valence-corrected chi connectivity index (χ2v) is 6.68. The molecule has 1 aliphatic rings. The van der Waals surface area contributed by atoms with Crippen LogP contribution < -0.4 is 5.32 Å². The molecule has 2 aromatic rings. The van der Waals surface area contributed by atoms with Gasteiger partial charge in [0.05, 0.1) is 0 Å². The maximum atomic E-state index is 12.7. The monoisotopic (exact) mass is 342 g/mol. The predicted octanol–water partition coefficient (Wildman–Crippen LogP) is 3.55. The number of nitrogens with one attached hydrogen (secondary N) is 1. The lowest BCUT2D eigenvalue weighted by molar-refractivity contribution is -0.141. The minimum atomic E-state index is -4.45. The molecule has 0 saturated carbocycles. The van der Waals surface area contributed by atoms with Crippen molar-refractivity contribution < 1.29 is 13.2 Å². The van der Waals surface area contributed by atoms with E-state index in [9.17, 15) is 13.2 Å². The molecule has 1 aliphatic heterocycles. The van der Waals surface area contributed by atoms with Gasteiger partial charge in [-0.15, -0.1) is 11.3 Å². The highest BCUT2D eigenvalue weighted by atomic mass is 32.1. The molecule has 0 radical (unpaired) electrons. The Morgan fingerprint density at radius 2 is 2.22 bits per heavy atom. The smallest absolute Gasteiger partial charge is 0.366 e. The van der Waals surface area contributed by atoms with Crippen molar-refractivity contribution in [2.75, 3.05) is 18.4 Å². The van der Waals surface area contributed by atoms with Crippen molar-refractivity contribution in [3.8, 4) is 0 Å². The molecule has 1 saturated heterocycles. The Hall–Kier alpha value is -1.67. The summed E-state index contributed by atoms with van der Waals surface area (Å²) in [7, 11) is 0. The molecule has 1 fully saturated rings. The van der Waals surface area contributed by atoms with E-state index in [1.807, 2.05) is 0 Å². The van der Waals surface area contributed by atoms with E-state index in [2.05, 4.69) is 38.6 Å². The number of aromatic nitrogens is 2. The highest BCUT2D eigenvalue weighted by Crippen LogP contribution is 2.28. The second kappa shape index (κ2) is 6.45. The fraction of sp³-hybridized carbons (Fsp3) is 0.467. The van der Waals surface area contributed by atoms with Gasteiger partial charge in [-0.2, -0.15) is 13.2 Å². The van der Waals surface area contributed by atoms with E-state index in [-0.39, 0.29) is 11.9 Å². The van der Waals surface area contributed by atoms with Crippen LogP contribution in [0.5, 0.6) is 0 Å². The minimum Gasteiger partial charge on any atom is -0.366 e. The summed E-state index contributed by atoms with van der Waals surface area (Å²) in [6.07, 6.45) is -2.61. The summed E-state index contributed by atoms with van der Waals surface area (Å²) in [5.74, 6) is 0.228. The van der Waals surface area contributed by atoms with Crippen molar-refractivity contribution in [2.24, 2.45) is 0 Å². The van der Waals surface area contributed by atoms with Crippen LogP contribution in [0.15, 0.2) is 23.8 Å². The van der Waals surface area contributed by atoms with Crippen molar-refractivity contribution >= 4 is 17.2 Å². The molecule has 23 heavy (non-hydrogen) atoms. The average Bonchev–Trinajstić information content (AvgIpc) is 3.09. The third-order valence-corrected chi connectivity index (χ3v) is 4.93. The number of alkyl halides is 3. The van der Waals surface area contributed by atoms with Crippen molar-refractivity contribution in [1.82, 2.24) is 14.9 Å². The summed E-state index contributed by atoms with van der Waals surface area (Å²) in [5, 5.41) is 5.17. The molecule has 124 valence electrons. The van der Waals surface area contributed by atoms with Gasteiger partial charge in [-0.3, -0.25) is 4.90 Å². The second-order valence-electron chi connectivity index (χ2n) is 5.68. The summed E-state index contributed by atoms with van der Waals surface area (Å²) >= 11 is 1.74. The van der Waals surface area contributed by atoms with Gasteiger partial charge in [-0.05, 0) is 30.4 Å². The number of hydrogen-bond donors (Lipinski definition) is 1. The standard InChI is InChI=1S/C15H17F3N4S/c1-10-3-5-23-12(10)8-22-4-2-11(7-22)21-14-6-13(15(16,17)18)19-9-20-14/h3,5-6,9,11H,2,4,7-8H2,1H3,(H,19,20,21). The number of halogens is 3. The summed E-state index contributed by atoms with van der Waals surface area (Å²) in [5.41, 5.74) is 0.371. The van der Waals surface area contributed by atoms with E-state index in [0.717, 1.165) is 38.4 Å². The first kappa shape index (κ1) is 16.2. The number of nitrogens with zero attached hydrogens (tertiary/aromatic N) is 3. The lowest BCUT2D eigenvalue weighted by Gasteiger charge is -2.17. The molecule has 0 spiro atoms. The maximum Gasteiger partial charge on any atom is 0.433 e. The van der Waals surface area contributed by atoms with Gasteiger partial charge in [0.25, 0.3) is 0 Å². The van der Waals surface area contributed by atoms with Gasteiger partial charge in [0.1, 0.15) is 17.8 Å². The molecule has 2 aromatic heterocycles. The SMILES string of the molecule is Cc1ccsc1CN1CCC(Nc2cc(C(F)(F)F)ncn2)C1. The van der Waals surface area contributed by atoms with Crippen molar-refractivity contribution in [1.29, 1.82) is 0 Å². The number of hydrogen-bond acceptors (Lipinski definition) is 5. The molecule has 1 unspecified atom stereocenters. The Kier molecular flexibility index (Phi) is 4.54. The third kappa shape index (κ3) is 4.00. The first-order valence-electron chi connectivity index (χ1n) is 7.33. The summed E-state index contributed by atoms with van der Waals surface area (Å²) in [6.45, 7) is 4.70. The van der Waals surface area contributed by atoms with Crippen LogP contribution in [0.25, 0.3) is 0 Å². The van der Waals surface area contributed by atoms with Crippen LogP contribution in [0.3, 0.4) is 0 Å². The van der Waals surface area contributed by atoms with Gasteiger partial charge < -0.3 is 5.32 Å². The predicted molar refractivity (Wildman–Crippen MR) is 83.4 cm³/mol. The molecule has 4 nitrogen and oxygen atoms in total. The van der Waals surface area contributed by atoms with Crippen LogP contribution in [0.4, 0.5) is 19.0 Å². The number of rotatable bonds is 4. The Morgan fingerprint density at radius 3 is 2.91 bits per heavy atom. The fourth-order valence-electron chi connectivity index (χ4n) is 2.66. The fourth-order valence-corrected chi connectivity index (χ4v) is 3.61. The number of aryl methyl sites for hydroxylation is 1. The van der Waals surface area contributed by atoms with Crippen LogP contribution in [0.2, 0.25) is 0 Å². The van der Waals surface area contributed by atoms with Gasteiger partial charge in [-0.1, -0.05) is 0 Å². The van der Waals surface area contributed by atoms with Crippen LogP contribution in [-0.2, 0) is 12.7 Å². The van der Waals surface area contributed by atoms with E-state index < -0.39 is 11.9 Å². The zero-order valence-electron chi connectivity index (χ0n) is 12.6. The van der Waals surface area contributed by atoms with E-state index in [4.69, 9.17) is 0 Å². The molecule has 3 heterocycles. The summed E-state index contributed by atoms with van der Waals surface area (Å²) in [4.78, 5) is 10.8. The Balaban J connectivity index is 1.59. The Bertz CT molecular complexity index is 671. The quantitative estimate of drug-likeness (QED) is 0.923. The molecule has 0 bridgehead atoms. The molecule has 8 heteroatoms. The molecular formula is C15H17F3N4S. The van der Waals surface area contributed by atoms with Gasteiger partial charge in [-0.25, -0.2) is 9.97 Å². The topological polar surface area (TPSA) is 41.0 Å². The largest absolute Gasteiger partial charge is 0.433 e. The first-order chi connectivity index (χ1) is 10.9. The molecule has 3 rings (SSSR count). The van der Waals surface area contributed by atoms with Gasteiger partial charge >= 0.3 is 6.18 Å². The van der Waals surface area contributed by atoms with Crippen molar-refractivity contribution in [3.63, 3.8) is 0 Å². The summed E-state index contributed by atoms with van der Waals surface area (Å²) < 4.78 is 38.0. The Labute approximate surface area is 136 Å². The van der Waals surface area contributed by atoms with Crippen LogP contribution in [0, 0.1) is 6.92 Å².